The second-order valence-electron chi connectivity index (χ2n) is 4.63. The van der Waals surface area contributed by atoms with E-state index in [1.807, 2.05) is 42.5 Å². The number of hydrogen-bond acceptors (Lipinski definition) is 4. The highest BCUT2D eigenvalue weighted by atomic mass is 32.1. The summed E-state index contributed by atoms with van der Waals surface area (Å²) in [5, 5.41) is 12.1. The summed E-state index contributed by atoms with van der Waals surface area (Å²) >= 11 is 1.55. The SMILES string of the molecule is O=C(O)Cc1ccc(CNCCCOc2ccccc2)s1. The summed E-state index contributed by atoms with van der Waals surface area (Å²) in [5.74, 6) is 0.114. The van der Waals surface area contributed by atoms with Crippen molar-refractivity contribution in [2.24, 2.45) is 0 Å². The first-order valence-electron chi connectivity index (χ1n) is 6.92. The smallest absolute Gasteiger partial charge is 0.308 e. The van der Waals surface area contributed by atoms with Gasteiger partial charge >= 0.3 is 5.97 Å². The lowest BCUT2D eigenvalue weighted by molar-refractivity contribution is -0.136. The third-order valence-corrected chi connectivity index (χ3v) is 3.94. The molecule has 112 valence electrons. The first kappa shape index (κ1) is 15.5. The number of ether oxygens (including phenoxy) is 1. The maximum atomic E-state index is 10.6. The molecule has 0 bridgehead atoms. The maximum absolute atomic E-state index is 10.6. The zero-order valence-corrected chi connectivity index (χ0v) is 12.6. The number of carbonyl (C=O) groups is 1. The number of hydrogen-bond donors (Lipinski definition) is 2. The highest BCUT2D eigenvalue weighted by Gasteiger charge is 2.04. The quantitative estimate of drug-likeness (QED) is 0.699. The molecule has 0 aliphatic carbocycles. The van der Waals surface area contributed by atoms with Gasteiger partial charge in [-0.05, 0) is 37.2 Å². The van der Waals surface area contributed by atoms with Crippen molar-refractivity contribution in [1.82, 2.24) is 5.32 Å². The van der Waals surface area contributed by atoms with Crippen LogP contribution in [-0.2, 0) is 17.8 Å². The molecule has 1 heterocycles. The van der Waals surface area contributed by atoms with Crippen molar-refractivity contribution in [3.8, 4) is 5.75 Å². The first-order chi connectivity index (χ1) is 10.2. The fourth-order valence-corrected chi connectivity index (χ4v) is 2.86. The van der Waals surface area contributed by atoms with E-state index >= 15 is 0 Å². The number of rotatable bonds is 9. The van der Waals surface area contributed by atoms with Crippen LogP contribution in [0.3, 0.4) is 0 Å². The minimum Gasteiger partial charge on any atom is -0.494 e. The molecule has 4 nitrogen and oxygen atoms in total. The molecule has 0 aliphatic rings. The van der Waals surface area contributed by atoms with Crippen LogP contribution in [0.1, 0.15) is 16.2 Å². The third-order valence-electron chi connectivity index (χ3n) is 2.85. The Hall–Kier alpha value is -1.85. The number of carboxylic acids is 1. The highest BCUT2D eigenvalue weighted by Crippen LogP contribution is 2.16. The first-order valence-corrected chi connectivity index (χ1v) is 7.73. The molecule has 0 spiro atoms. The van der Waals surface area contributed by atoms with Crippen LogP contribution in [0, 0.1) is 0 Å². The van der Waals surface area contributed by atoms with Gasteiger partial charge in [0, 0.05) is 16.3 Å². The fourth-order valence-electron chi connectivity index (χ4n) is 1.88. The molecule has 2 rings (SSSR count). The normalized spacial score (nSPS) is 10.5. The van der Waals surface area contributed by atoms with Gasteiger partial charge in [0.05, 0.1) is 13.0 Å². The van der Waals surface area contributed by atoms with Crippen molar-refractivity contribution in [1.29, 1.82) is 0 Å². The Balaban J connectivity index is 1.57. The van der Waals surface area contributed by atoms with E-state index in [1.54, 1.807) is 11.3 Å². The van der Waals surface area contributed by atoms with Crippen LogP contribution in [0.5, 0.6) is 5.75 Å². The Morgan fingerprint density at radius 1 is 1.14 bits per heavy atom. The second-order valence-corrected chi connectivity index (χ2v) is 5.88. The van der Waals surface area contributed by atoms with Crippen LogP contribution in [0.15, 0.2) is 42.5 Å². The molecule has 0 atom stereocenters. The number of nitrogens with one attached hydrogen (secondary N) is 1. The molecule has 0 saturated carbocycles. The minimum absolute atomic E-state index is 0.107. The highest BCUT2D eigenvalue weighted by molar-refractivity contribution is 7.12. The van der Waals surface area contributed by atoms with Crippen molar-refractivity contribution >= 4 is 17.3 Å². The number of carboxylic acid groups (broad SMARTS) is 1. The molecule has 0 fully saturated rings. The Bertz CT molecular complexity index is 554. The summed E-state index contributed by atoms with van der Waals surface area (Å²) in [6, 6.07) is 13.6. The largest absolute Gasteiger partial charge is 0.494 e. The van der Waals surface area contributed by atoms with Crippen LogP contribution in [0.2, 0.25) is 0 Å². The van der Waals surface area contributed by atoms with Crippen LogP contribution in [0.25, 0.3) is 0 Å². The topological polar surface area (TPSA) is 58.6 Å². The Morgan fingerprint density at radius 3 is 2.67 bits per heavy atom. The van der Waals surface area contributed by atoms with E-state index in [0.717, 1.165) is 35.0 Å². The second kappa shape index (κ2) is 8.44. The molecule has 5 heteroatoms. The van der Waals surface area contributed by atoms with Gasteiger partial charge in [-0.1, -0.05) is 18.2 Å². The number of aliphatic carboxylic acids is 1. The molecule has 2 aromatic rings. The van der Waals surface area contributed by atoms with Crippen molar-refractivity contribution < 1.29 is 14.6 Å². The molecule has 0 unspecified atom stereocenters. The number of thiophene rings is 1. The van der Waals surface area contributed by atoms with Crippen molar-refractivity contribution in [2.75, 3.05) is 13.2 Å². The zero-order chi connectivity index (χ0) is 14.9. The van der Waals surface area contributed by atoms with Gasteiger partial charge in [0.15, 0.2) is 0 Å². The molecular formula is C16H19NO3S. The lowest BCUT2D eigenvalue weighted by Gasteiger charge is -2.06. The summed E-state index contributed by atoms with van der Waals surface area (Å²) in [6.45, 7) is 2.33. The van der Waals surface area contributed by atoms with Crippen molar-refractivity contribution in [2.45, 2.75) is 19.4 Å². The molecular weight excluding hydrogens is 286 g/mol. The van der Waals surface area contributed by atoms with E-state index in [1.165, 1.54) is 0 Å². The molecule has 1 aromatic heterocycles. The molecule has 21 heavy (non-hydrogen) atoms. The number of para-hydroxylation sites is 1. The lowest BCUT2D eigenvalue weighted by atomic mass is 10.3. The lowest BCUT2D eigenvalue weighted by Crippen LogP contribution is -2.16. The van der Waals surface area contributed by atoms with Gasteiger partial charge in [0.2, 0.25) is 0 Å². The monoisotopic (exact) mass is 305 g/mol. The molecule has 0 aliphatic heterocycles. The Kier molecular flexibility index (Phi) is 6.24. The fraction of sp³-hybridized carbons (Fsp3) is 0.312. The number of benzene rings is 1. The summed E-state index contributed by atoms with van der Waals surface area (Å²) in [6.07, 6.45) is 1.04. The minimum atomic E-state index is -0.783. The van der Waals surface area contributed by atoms with Gasteiger partial charge < -0.3 is 15.2 Å². The van der Waals surface area contributed by atoms with Crippen LogP contribution >= 0.6 is 11.3 Å². The molecule has 0 radical (unpaired) electrons. The summed E-state index contributed by atoms with van der Waals surface area (Å²) in [7, 11) is 0. The van der Waals surface area contributed by atoms with E-state index in [9.17, 15) is 4.79 Å². The van der Waals surface area contributed by atoms with Gasteiger partial charge in [0.25, 0.3) is 0 Å². The van der Waals surface area contributed by atoms with Crippen molar-refractivity contribution in [3.63, 3.8) is 0 Å². The van der Waals surface area contributed by atoms with Gasteiger partial charge in [-0.2, -0.15) is 0 Å². The van der Waals surface area contributed by atoms with Gasteiger partial charge in [-0.3, -0.25) is 4.79 Å². The Labute approximate surface area is 128 Å². The van der Waals surface area contributed by atoms with Crippen LogP contribution < -0.4 is 10.1 Å². The standard InChI is InChI=1S/C16H19NO3S/c18-16(19)11-14-7-8-15(21-14)12-17-9-4-10-20-13-5-2-1-3-6-13/h1-3,5-8,17H,4,9-12H2,(H,18,19). The average molecular weight is 305 g/mol. The van der Waals surface area contributed by atoms with Gasteiger partial charge in [0.1, 0.15) is 5.75 Å². The van der Waals surface area contributed by atoms with E-state index in [-0.39, 0.29) is 6.42 Å². The molecule has 0 amide bonds. The predicted octanol–water partition coefficient (Wildman–Crippen LogP) is 2.93. The average Bonchev–Trinajstić information content (AvgIpc) is 2.90. The van der Waals surface area contributed by atoms with E-state index < -0.39 is 5.97 Å². The Morgan fingerprint density at radius 2 is 1.90 bits per heavy atom. The molecule has 2 N–H and O–H groups in total. The molecule has 0 saturated heterocycles. The van der Waals surface area contributed by atoms with Gasteiger partial charge in [-0.25, -0.2) is 0 Å². The summed E-state index contributed by atoms with van der Waals surface area (Å²) < 4.78 is 5.60. The van der Waals surface area contributed by atoms with Crippen molar-refractivity contribution in [3.05, 3.63) is 52.2 Å². The zero-order valence-electron chi connectivity index (χ0n) is 11.7. The van der Waals surface area contributed by atoms with E-state index in [0.29, 0.717) is 6.61 Å². The maximum Gasteiger partial charge on any atom is 0.308 e. The summed E-state index contributed by atoms with van der Waals surface area (Å²) in [5.41, 5.74) is 0. The van der Waals surface area contributed by atoms with Gasteiger partial charge in [-0.15, -0.1) is 11.3 Å². The van der Waals surface area contributed by atoms with E-state index in [2.05, 4.69) is 5.32 Å². The molecule has 1 aromatic carbocycles. The summed E-state index contributed by atoms with van der Waals surface area (Å²) in [4.78, 5) is 12.7. The predicted molar refractivity (Wildman–Crippen MR) is 83.9 cm³/mol. The van der Waals surface area contributed by atoms with E-state index in [4.69, 9.17) is 9.84 Å². The third kappa shape index (κ3) is 5.97. The van der Waals surface area contributed by atoms with Crippen LogP contribution in [-0.4, -0.2) is 24.2 Å². The van der Waals surface area contributed by atoms with Crippen LogP contribution in [0.4, 0.5) is 0 Å².